The lowest BCUT2D eigenvalue weighted by molar-refractivity contribution is 0.948. The molecule has 1 unspecified atom stereocenters. The van der Waals surface area contributed by atoms with Crippen LogP contribution in [-0.4, -0.2) is 0 Å². The first kappa shape index (κ1) is 14.6. The zero-order chi connectivity index (χ0) is 13.1. The van der Waals surface area contributed by atoms with Gasteiger partial charge in [0.25, 0.3) is 0 Å². The molecule has 0 aliphatic carbocycles. The number of rotatable bonds is 3. The fraction of sp³-hybridized carbons (Fsp3) is 0.143. The van der Waals surface area contributed by atoms with Crippen LogP contribution in [0.15, 0.2) is 51.4 Å². The van der Waals surface area contributed by atoms with Gasteiger partial charge in [0.15, 0.2) is 0 Å². The van der Waals surface area contributed by atoms with Crippen LogP contribution in [-0.2, 0) is 6.42 Å². The largest absolute Gasteiger partial charge is 0.0840 e. The average Bonchev–Trinajstić information content (AvgIpc) is 2.32. The molecule has 0 saturated carbocycles. The third kappa shape index (κ3) is 3.83. The Hall–Kier alpha value is 0.170. The smallest absolute Gasteiger partial charge is 0.0460 e. The van der Waals surface area contributed by atoms with Crippen molar-refractivity contribution < 1.29 is 0 Å². The van der Waals surface area contributed by atoms with Gasteiger partial charge in [0, 0.05) is 18.8 Å². The molecule has 4 heteroatoms. The second-order valence-corrected chi connectivity index (χ2v) is 7.31. The molecule has 94 valence electrons. The highest BCUT2D eigenvalue weighted by Crippen LogP contribution is 2.34. The summed E-state index contributed by atoms with van der Waals surface area (Å²) in [7, 11) is 0. The molecule has 0 spiro atoms. The van der Waals surface area contributed by atoms with Gasteiger partial charge in [-0.3, -0.25) is 0 Å². The molecule has 2 aromatic rings. The Bertz CT molecular complexity index is 537. The van der Waals surface area contributed by atoms with E-state index in [9.17, 15) is 0 Å². The van der Waals surface area contributed by atoms with Crippen molar-refractivity contribution in [1.82, 2.24) is 0 Å². The van der Waals surface area contributed by atoms with E-state index in [1.165, 1.54) is 5.56 Å². The summed E-state index contributed by atoms with van der Waals surface area (Å²) in [6.45, 7) is 0. The molecule has 0 radical (unpaired) electrons. The maximum Gasteiger partial charge on any atom is 0.0460 e. The van der Waals surface area contributed by atoms with E-state index in [-0.39, 0.29) is 4.83 Å². The number of alkyl halides is 1. The van der Waals surface area contributed by atoms with Gasteiger partial charge >= 0.3 is 0 Å². The highest BCUT2D eigenvalue weighted by molar-refractivity contribution is 9.10. The van der Waals surface area contributed by atoms with Crippen LogP contribution in [0.2, 0.25) is 5.02 Å². The van der Waals surface area contributed by atoms with Crippen LogP contribution in [0.5, 0.6) is 0 Å². The second-order valence-electron chi connectivity index (χ2n) is 3.96. The minimum Gasteiger partial charge on any atom is -0.0840 e. The average molecular weight is 453 g/mol. The molecular formula is C14H10Br3Cl. The fourth-order valence-corrected chi connectivity index (χ4v) is 3.67. The normalized spacial score (nSPS) is 12.4. The van der Waals surface area contributed by atoms with Crippen LogP contribution < -0.4 is 0 Å². The van der Waals surface area contributed by atoms with Crippen molar-refractivity contribution in [3.05, 3.63) is 67.6 Å². The maximum atomic E-state index is 6.25. The van der Waals surface area contributed by atoms with Gasteiger partial charge in [-0.25, -0.2) is 0 Å². The van der Waals surface area contributed by atoms with Gasteiger partial charge in [0.2, 0.25) is 0 Å². The van der Waals surface area contributed by atoms with Gasteiger partial charge in [-0.2, -0.15) is 0 Å². The van der Waals surface area contributed by atoms with E-state index >= 15 is 0 Å². The van der Waals surface area contributed by atoms with Crippen molar-refractivity contribution >= 4 is 59.4 Å². The molecule has 0 N–H and O–H groups in total. The van der Waals surface area contributed by atoms with Gasteiger partial charge in [-0.15, -0.1) is 0 Å². The summed E-state index contributed by atoms with van der Waals surface area (Å²) in [4.78, 5) is 0.222. The molecule has 0 bridgehead atoms. The Morgan fingerprint density at radius 1 is 0.944 bits per heavy atom. The minimum absolute atomic E-state index is 0.222. The van der Waals surface area contributed by atoms with Gasteiger partial charge in [-0.05, 0) is 41.8 Å². The first-order valence-electron chi connectivity index (χ1n) is 5.40. The van der Waals surface area contributed by atoms with Crippen LogP contribution in [0, 0.1) is 0 Å². The van der Waals surface area contributed by atoms with Crippen LogP contribution in [0.3, 0.4) is 0 Å². The van der Waals surface area contributed by atoms with Crippen molar-refractivity contribution in [2.75, 3.05) is 0 Å². The Morgan fingerprint density at radius 3 is 2.17 bits per heavy atom. The van der Waals surface area contributed by atoms with Crippen LogP contribution in [0.25, 0.3) is 0 Å². The number of benzene rings is 2. The standard InChI is InChI=1S/C14H10Br3Cl/c15-10-3-1-9(2-4-10)7-13(17)12-6-5-11(16)8-14(12)18/h1-6,8,13H,7H2. The predicted molar refractivity (Wildman–Crippen MR) is 88.7 cm³/mol. The first-order chi connectivity index (χ1) is 8.56. The first-order valence-corrected chi connectivity index (χ1v) is 8.27. The quantitative estimate of drug-likeness (QED) is 0.463. The van der Waals surface area contributed by atoms with Crippen molar-refractivity contribution in [1.29, 1.82) is 0 Å². The predicted octanol–water partition coefficient (Wildman–Crippen LogP) is 6.54. The summed E-state index contributed by atoms with van der Waals surface area (Å²) < 4.78 is 2.10. The molecule has 0 saturated heterocycles. The maximum absolute atomic E-state index is 6.25. The van der Waals surface area contributed by atoms with E-state index in [0.717, 1.165) is 26.0 Å². The van der Waals surface area contributed by atoms with Crippen LogP contribution >= 0.6 is 59.4 Å². The summed E-state index contributed by atoms with van der Waals surface area (Å²) in [5.74, 6) is 0. The van der Waals surface area contributed by atoms with Crippen molar-refractivity contribution in [2.24, 2.45) is 0 Å². The van der Waals surface area contributed by atoms with Crippen LogP contribution in [0.4, 0.5) is 0 Å². The molecule has 0 aromatic heterocycles. The lowest BCUT2D eigenvalue weighted by atomic mass is 10.0. The zero-order valence-electron chi connectivity index (χ0n) is 9.34. The monoisotopic (exact) mass is 450 g/mol. The topological polar surface area (TPSA) is 0 Å². The van der Waals surface area contributed by atoms with Gasteiger partial charge < -0.3 is 0 Å². The molecular weight excluding hydrogens is 443 g/mol. The molecule has 0 amide bonds. The summed E-state index contributed by atoms with van der Waals surface area (Å²) >= 11 is 16.8. The van der Waals surface area contributed by atoms with Crippen molar-refractivity contribution in [3.8, 4) is 0 Å². The Labute approximate surface area is 137 Å². The highest BCUT2D eigenvalue weighted by atomic mass is 79.9. The summed E-state index contributed by atoms with van der Waals surface area (Å²) in [6.07, 6.45) is 0.911. The lowest BCUT2D eigenvalue weighted by Crippen LogP contribution is -1.96. The molecule has 2 rings (SSSR count). The third-order valence-electron chi connectivity index (χ3n) is 2.63. The van der Waals surface area contributed by atoms with E-state index in [1.807, 2.05) is 18.2 Å². The molecule has 0 nitrogen and oxygen atoms in total. The van der Waals surface area contributed by atoms with Crippen molar-refractivity contribution in [2.45, 2.75) is 11.2 Å². The zero-order valence-corrected chi connectivity index (χ0v) is 14.9. The van der Waals surface area contributed by atoms with Crippen LogP contribution in [0.1, 0.15) is 16.0 Å². The molecule has 2 aromatic carbocycles. The lowest BCUT2D eigenvalue weighted by Gasteiger charge is -2.12. The third-order valence-corrected chi connectivity index (χ3v) is 4.79. The molecule has 0 fully saturated rings. The Balaban J connectivity index is 2.16. The second kappa shape index (κ2) is 6.56. The minimum atomic E-state index is 0.222. The Morgan fingerprint density at radius 2 is 1.56 bits per heavy atom. The van der Waals surface area contributed by atoms with E-state index in [0.29, 0.717) is 0 Å². The van der Waals surface area contributed by atoms with E-state index < -0.39 is 0 Å². The van der Waals surface area contributed by atoms with Gasteiger partial charge in [0.05, 0.1) is 0 Å². The number of hydrogen-bond acceptors (Lipinski definition) is 0. The summed E-state index contributed by atoms with van der Waals surface area (Å²) in [6, 6.07) is 14.3. The fourth-order valence-electron chi connectivity index (χ4n) is 1.69. The molecule has 18 heavy (non-hydrogen) atoms. The Kier molecular flexibility index (Phi) is 5.31. The van der Waals surface area contributed by atoms with Crippen molar-refractivity contribution in [3.63, 3.8) is 0 Å². The summed E-state index contributed by atoms with van der Waals surface area (Å²) in [5, 5.41) is 0.781. The SMILES string of the molecule is Clc1cc(Br)ccc1C(Br)Cc1ccc(Br)cc1. The molecule has 0 aliphatic heterocycles. The summed E-state index contributed by atoms with van der Waals surface area (Å²) in [5.41, 5.74) is 2.39. The van der Waals surface area contributed by atoms with E-state index in [1.54, 1.807) is 0 Å². The molecule has 0 heterocycles. The number of hydrogen-bond donors (Lipinski definition) is 0. The van der Waals surface area contributed by atoms with E-state index in [4.69, 9.17) is 11.6 Å². The molecule has 1 atom stereocenters. The van der Waals surface area contributed by atoms with Gasteiger partial charge in [0.1, 0.15) is 0 Å². The highest BCUT2D eigenvalue weighted by Gasteiger charge is 2.12. The number of halogens is 4. The molecule has 0 aliphatic rings. The van der Waals surface area contributed by atoms with E-state index in [2.05, 4.69) is 72.1 Å². The van der Waals surface area contributed by atoms with Gasteiger partial charge in [-0.1, -0.05) is 77.6 Å².